The molecule has 0 saturated carbocycles. The number of nitrogens with two attached hydrogens (primary N) is 1. The van der Waals surface area contributed by atoms with Crippen molar-refractivity contribution in [3.63, 3.8) is 0 Å². The second-order valence-corrected chi connectivity index (χ2v) is 6.18. The van der Waals surface area contributed by atoms with Gasteiger partial charge in [-0.15, -0.1) is 0 Å². The van der Waals surface area contributed by atoms with Crippen molar-refractivity contribution in [2.45, 2.75) is 32.4 Å². The third kappa shape index (κ3) is 5.53. The third-order valence-corrected chi connectivity index (χ3v) is 4.45. The predicted molar refractivity (Wildman–Crippen MR) is 89.7 cm³/mol. The molecule has 1 aromatic carbocycles. The lowest BCUT2D eigenvalue weighted by Gasteiger charge is -2.34. The van der Waals surface area contributed by atoms with E-state index in [-0.39, 0.29) is 17.6 Å². The number of hydrogen-bond donors (Lipinski definition) is 3. The van der Waals surface area contributed by atoms with Gasteiger partial charge in [0, 0.05) is 12.5 Å². The van der Waals surface area contributed by atoms with Gasteiger partial charge in [0.1, 0.15) is 5.82 Å². The zero-order valence-corrected chi connectivity index (χ0v) is 14.1. The summed E-state index contributed by atoms with van der Waals surface area (Å²) in [4.78, 5) is 36.7. The van der Waals surface area contributed by atoms with E-state index < -0.39 is 18.0 Å². The minimum absolute atomic E-state index is 0.0433. The first-order chi connectivity index (χ1) is 11.9. The van der Waals surface area contributed by atoms with Crippen molar-refractivity contribution in [2.75, 3.05) is 13.1 Å². The van der Waals surface area contributed by atoms with Crippen molar-refractivity contribution < 1.29 is 18.8 Å². The van der Waals surface area contributed by atoms with Crippen molar-refractivity contribution in [3.05, 3.63) is 35.6 Å². The Hall–Kier alpha value is -2.48. The van der Waals surface area contributed by atoms with Crippen molar-refractivity contribution in [1.82, 2.24) is 15.5 Å². The standard InChI is InChI=1S/C17H23FN4O3/c1-11(15(23)21-17(19)25)22-8-6-13(7-9-22)16(24)20-10-12-2-4-14(18)5-3-12/h2-5,11,13H,6-10H2,1H3,(H,20,24)(H3,19,21,23,25). The number of nitrogens with zero attached hydrogens (tertiary/aromatic N) is 1. The van der Waals surface area contributed by atoms with Crippen LogP contribution in [0.25, 0.3) is 0 Å². The number of imide groups is 1. The third-order valence-electron chi connectivity index (χ3n) is 4.45. The molecule has 4 N–H and O–H groups in total. The van der Waals surface area contributed by atoms with Crippen molar-refractivity contribution in [3.8, 4) is 0 Å². The molecule has 1 heterocycles. The lowest BCUT2D eigenvalue weighted by molar-refractivity contribution is -0.128. The van der Waals surface area contributed by atoms with E-state index >= 15 is 0 Å². The molecule has 1 aromatic rings. The van der Waals surface area contributed by atoms with Crippen LogP contribution in [0.2, 0.25) is 0 Å². The Morgan fingerprint density at radius 1 is 1.24 bits per heavy atom. The Labute approximate surface area is 145 Å². The van der Waals surface area contributed by atoms with Gasteiger partial charge in [0.2, 0.25) is 11.8 Å². The quantitative estimate of drug-likeness (QED) is 0.728. The molecule has 0 bridgehead atoms. The Bertz CT molecular complexity index is 627. The summed E-state index contributed by atoms with van der Waals surface area (Å²) in [7, 11) is 0. The fraction of sp³-hybridized carbons (Fsp3) is 0.471. The maximum absolute atomic E-state index is 12.9. The average molecular weight is 350 g/mol. The fourth-order valence-corrected chi connectivity index (χ4v) is 2.88. The summed E-state index contributed by atoms with van der Waals surface area (Å²) in [6, 6.07) is 4.65. The highest BCUT2D eigenvalue weighted by Crippen LogP contribution is 2.19. The first-order valence-corrected chi connectivity index (χ1v) is 8.23. The summed E-state index contributed by atoms with van der Waals surface area (Å²) in [6.07, 6.45) is 1.26. The average Bonchev–Trinajstić information content (AvgIpc) is 2.60. The number of likely N-dealkylation sites (tertiary alicyclic amines) is 1. The summed E-state index contributed by atoms with van der Waals surface area (Å²) in [5.74, 6) is -0.912. The number of rotatable bonds is 5. The smallest absolute Gasteiger partial charge is 0.318 e. The van der Waals surface area contributed by atoms with Crippen molar-refractivity contribution in [1.29, 1.82) is 0 Å². The molecule has 2 rings (SSSR count). The van der Waals surface area contributed by atoms with Crippen molar-refractivity contribution in [2.24, 2.45) is 11.7 Å². The molecule has 0 aliphatic carbocycles. The highest BCUT2D eigenvalue weighted by Gasteiger charge is 2.29. The molecular formula is C17H23FN4O3. The molecule has 4 amide bonds. The Balaban J connectivity index is 1.77. The van der Waals surface area contributed by atoms with E-state index in [1.54, 1.807) is 19.1 Å². The molecule has 1 aliphatic rings. The van der Waals surface area contributed by atoms with Crippen molar-refractivity contribution >= 4 is 17.8 Å². The monoisotopic (exact) mass is 350 g/mol. The van der Waals surface area contributed by atoms with E-state index in [1.165, 1.54) is 12.1 Å². The molecule has 8 heteroatoms. The number of hydrogen-bond acceptors (Lipinski definition) is 4. The van der Waals surface area contributed by atoms with Gasteiger partial charge in [0.05, 0.1) is 6.04 Å². The summed E-state index contributed by atoms with van der Waals surface area (Å²) >= 11 is 0. The fourth-order valence-electron chi connectivity index (χ4n) is 2.88. The number of carbonyl (C=O) groups is 3. The Morgan fingerprint density at radius 2 is 1.84 bits per heavy atom. The van der Waals surface area contributed by atoms with Crippen LogP contribution in [0.15, 0.2) is 24.3 Å². The molecule has 1 fully saturated rings. The molecule has 0 aromatic heterocycles. The Morgan fingerprint density at radius 3 is 2.40 bits per heavy atom. The highest BCUT2D eigenvalue weighted by molar-refractivity contribution is 5.96. The van der Waals surface area contributed by atoms with Crippen LogP contribution in [-0.4, -0.2) is 41.9 Å². The molecule has 1 saturated heterocycles. The number of amides is 4. The van der Waals surface area contributed by atoms with Crippen LogP contribution in [0.5, 0.6) is 0 Å². The van der Waals surface area contributed by atoms with Crippen LogP contribution in [-0.2, 0) is 16.1 Å². The van der Waals surface area contributed by atoms with Crippen LogP contribution in [0.3, 0.4) is 0 Å². The van der Waals surface area contributed by atoms with Gasteiger partial charge in [-0.2, -0.15) is 0 Å². The van der Waals surface area contributed by atoms with E-state index in [2.05, 4.69) is 10.6 Å². The zero-order chi connectivity index (χ0) is 18.4. The van der Waals surface area contributed by atoms with Gasteiger partial charge in [-0.25, -0.2) is 9.18 Å². The summed E-state index contributed by atoms with van der Waals surface area (Å²) in [5.41, 5.74) is 5.79. The van der Waals surface area contributed by atoms with Crippen LogP contribution in [0.1, 0.15) is 25.3 Å². The van der Waals surface area contributed by atoms with Gasteiger partial charge < -0.3 is 11.1 Å². The largest absolute Gasteiger partial charge is 0.352 e. The molecular weight excluding hydrogens is 327 g/mol. The van der Waals surface area contributed by atoms with Gasteiger partial charge >= 0.3 is 6.03 Å². The van der Waals surface area contributed by atoms with Crippen LogP contribution in [0, 0.1) is 11.7 Å². The van der Waals surface area contributed by atoms with Crippen LogP contribution in [0.4, 0.5) is 9.18 Å². The number of benzene rings is 1. The molecule has 1 aliphatic heterocycles. The topological polar surface area (TPSA) is 105 Å². The molecule has 0 spiro atoms. The second kappa shape index (κ2) is 8.57. The maximum atomic E-state index is 12.9. The van der Waals surface area contributed by atoms with Gasteiger partial charge in [0.15, 0.2) is 0 Å². The lowest BCUT2D eigenvalue weighted by Crippen LogP contribution is -2.51. The first kappa shape index (κ1) is 18.9. The number of carbonyl (C=O) groups excluding carboxylic acids is 3. The van der Waals surface area contributed by atoms with E-state index in [4.69, 9.17) is 5.73 Å². The zero-order valence-electron chi connectivity index (χ0n) is 14.1. The van der Waals surface area contributed by atoms with Gasteiger partial charge in [-0.1, -0.05) is 12.1 Å². The van der Waals surface area contributed by atoms with E-state index in [9.17, 15) is 18.8 Å². The van der Waals surface area contributed by atoms with Gasteiger partial charge in [0.25, 0.3) is 0 Å². The Kier molecular flexibility index (Phi) is 6.46. The molecule has 7 nitrogen and oxygen atoms in total. The normalized spacial score (nSPS) is 16.9. The summed E-state index contributed by atoms with van der Waals surface area (Å²) < 4.78 is 12.9. The number of halogens is 1. The number of piperidine rings is 1. The first-order valence-electron chi connectivity index (χ1n) is 8.23. The van der Waals surface area contributed by atoms with E-state index in [0.717, 1.165) is 5.56 Å². The summed E-state index contributed by atoms with van der Waals surface area (Å²) in [6.45, 7) is 3.23. The van der Waals surface area contributed by atoms with Gasteiger partial charge in [-0.05, 0) is 50.6 Å². The van der Waals surface area contributed by atoms with Gasteiger partial charge in [-0.3, -0.25) is 19.8 Å². The SMILES string of the molecule is CC(C(=O)NC(N)=O)N1CCC(C(=O)NCc2ccc(F)cc2)CC1. The van der Waals surface area contributed by atoms with E-state index in [0.29, 0.717) is 32.5 Å². The number of urea groups is 1. The highest BCUT2D eigenvalue weighted by atomic mass is 19.1. The minimum Gasteiger partial charge on any atom is -0.352 e. The van der Waals surface area contributed by atoms with E-state index in [1.807, 2.05) is 4.90 Å². The molecule has 1 atom stereocenters. The second-order valence-electron chi connectivity index (χ2n) is 6.18. The maximum Gasteiger partial charge on any atom is 0.318 e. The minimum atomic E-state index is -0.869. The predicted octanol–water partition coefficient (Wildman–Crippen LogP) is 0.737. The molecule has 1 unspecified atom stereocenters. The van der Waals surface area contributed by atoms with Crippen LogP contribution >= 0.6 is 0 Å². The molecule has 136 valence electrons. The number of primary amides is 1. The van der Waals surface area contributed by atoms with Crippen LogP contribution < -0.4 is 16.4 Å². The lowest BCUT2D eigenvalue weighted by atomic mass is 9.95. The number of nitrogens with one attached hydrogen (secondary N) is 2. The summed E-state index contributed by atoms with van der Waals surface area (Å²) in [5, 5.41) is 4.93. The molecule has 0 radical (unpaired) electrons. The molecule has 25 heavy (non-hydrogen) atoms.